The zero-order chi connectivity index (χ0) is 15.5. The van der Waals surface area contributed by atoms with Gasteiger partial charge in [-0.25, -0.2) is 0 Å². The fraction of sp³-hybridized carbons (Fsp3) is 0.533. The summed E-state index contributed by atoms with van der Waals surface area (Å²) in [7, 11) is 0. The van der Waals surface area contributed by atoms with Crippen LogP contribution in [-0.2, 0) is 4.74 Å². The lowest BCUT2D eigenvalue weighted by atomic mass is 10.0. The SMILES string of the molecule is CC(C)(CNC(=O)c1cc(N)cc(Cl)c1)N1CCOCC1. The molecule has 0 atom stereocenters. The molecule has 0 unspecified atom stereocenters. The molecule has 1 fully saturated rings. The Bertz CT molecular complexity index is 493. The monoisotopic (exact) mass is 311 g/mol. The molecule has 21 heavy (non-hydrogen) atoms. The first kappa shape index (κ1) is 16.1. The summed E-state index contributed by atoms with van der Waals surface area (Å²) in [6, 6.07) is 4.87. The summed E-state index contributed by atoms with van der Waals surface area (Å²) in [4.78, 5) is 14.5. The van der Waals surface area contributed by atoms with Crippen LogP contribution in [0.15, 0.2) is 18.2 Å². The van der Waals surface area contributed by atoms with E-state index in [1.165, 1.54) is 0 Å². The Morgan fingerprint density at radius 2 is 2.05 bits per heavy atom. The predicted octanol–water partition coefficient (Wildman–Crippen LogP) is 1.76. The van der Waals surface area contributed by atoms with E-state index in [1.54, 1.807) is 18.2 Å². The molecule has 0 aliphatic carbocycles. The molecule has 0 bridgehead atoms. The van der Waals surface area contributed by atoms with Gasteiger partial charge < -0.3 is 15.8 Å². The van der Waals surface area contributed by atoms with Gasteiger partial charge in [-0.05, 0) is 32.0 Å². The molecule has 5 nitrogen and oxygen atoms in total. The van der Waals surface area contributed by atoms with Crippen molar-refractivity contribution in [2.45, 2.75) is 19.4 Å². The van der Waals surface area contributed by atoms with E-state index in [0.29, 0.717) is 22.8 Å². The highest BCUT2D eigenvalue weighted by Crippen LogP contribution is 2.18. The van der Waals surface area contributed by atoms with Gasteiger partial charge in [0.2, 0.25) is 0 Å². The molecule has 1 aliphatic heterocycles. The van der Waals surface area contributed by atoms with Gasteiger partial charge in [-0.1, -0.05) is 11.6 Å². The van der Waals surface area contributed by atoms with Crippen LogP contribution in [0.2, 0.25) is 5.02 Å². The van der Waals surface area contributed by atoms with Crippen LogP contribution in [0.5, 0.6) is 0 Å². The van der Waals surface area contributed by atoms with Gasteiger partial charge in [0.1, 0.15) is 0 Å². The van der Waals surface area contributed by atoms with Gasteiger partial charge in [-0.3, -0.25) is 9.69 Å². The van der Waals surface area contributed by atoms with Crippen molar-refractivity contribution < 1.29 is 9.53 Å². The Labute approximate surface area is 130 Å². The lowest BCUT2D eigenvalue weighted by molar-refractivity contribution is -0.00923. The minimum atomic E-state index is -0.162. The van der Waals surface area contributed by atoms with Crippen LogP contribution < -0.4 is 11.1 Å². The van der Waals surface area contributed by atoms with Crippen molar-refractivity contribution in [1.82, 2.24) is 10.2 Å². The number of carbonyl (C=O) groups is 1. The van der Waals surface area contributed by atoms with Crippen molar-refractivity contribution in [1.29, 1.82) is 0 Å². The molecule has 1 aromatic rings. The zero-order valence-corrected chi connectivity index (χ0v) is 13.2. The number of nitrogens with one attached hydrogen (secondary N) is 1. The summed E-state index contributed by atoms with van der Waals surface area (Å²) in [5.41, 5.74) is 6.56. The van der Waals surface area contributed by atoms with E-state index in [9.17, 15) is 4.79 Å². The number of anilines is 1. The smallest absolute Gasteiger partial charge is 0.251 e. The van der Waals surface area contributed by atoms with E-state index in [-0.39, 0.29) is 11.4 Å². The Balaban J connectivity index is 1.96. The molecular formula is C15H22ClN3O2. The van der Waals surface area contributed by atoms with Crippen molar-refractivity contribution in [2.24, 2.45) is 0 Å². The van der Waals surface area contributed by atoms with Gasteiger partial charge in [0.15, 0.2) is 0 Å². The van der Waals surface area contributed by atoms with Gasteiger partial charge in [-0.15, -0.1) is 0 Å². The van der Waals surface area contributed by atoms with Crippen molar-refractivity contribution in [2.75, 3.05) is 38.6 Å². The average molecular weight is 312 g/mol. The number of rotatable bonds is 4. The highest BCUT2D eigenvalue weighted by molar-refractivity contribution is 6.31. The first-order valence-electron chi connectivity index (χ1n) is 7.05. The topological polar surface area (TPSA) is 67.6 Å². The number of nitrogen functional groups attached to an aromatic ring is 1. The first-order chi connectivity index (χ1) is 9.88. The molecule has 116 valence electrons. The van der Waals surface area contributed by atoms with E-state index in [4.69, 9.17) is 22.1 Å². The Morgan fingerprint density at radius 3 is 2.67 bits per heavy atom. The van der Waals surface area contributed by atoms with Crippen molar-refractivity contribution in [3.8, 4) is 0 Å². The van der Waals surface area contributed by atoms with E-state index in [2.05, 4.69) is 24.1 Å². The van der Waals surface area contributed by atoms with Crippen LogP contribution in [0.3, 0.4) is 0 Å². The number of carbonyl (C=O) groups excluding carboxylic acids is 1. The summed E-state index contributed by atoms with van der Waals surface area (Å²) in [5, 5.41) is 3.42. The molecule has 1 heterocycles. The molecule has 1 amide bonds. The number of nitrogens with zero attached hydrogens (tertiary/aromatic N) is 1. The normalized spacial score (nSPS) is 16.7. The Kier molecular flexibility index (Phi) is 5.08. The molecule has 3 N–H and O–H groups in total. The van der Waals surface area contributed by atoms with Gasteiger partial charge in [0.05, 0.1) is 13.2 Å². The van der Waals surface area contributed by atoms with Gasteiger partial charge in [0, 0.05) is 41.4 Å². The number of nitrogens with two attached hydrogens (primary N) is 1. The third-order valence-electron chi connectivity index (χ3n) is 3.73. The molecule has 0 saturated carbocycles. The quantitative estimate of drug-likeness (QED) is 0.832. The van der Waals surface area contributed by atoms with Gasteiger partial charge >= 0.3 is 0 Å². The first-order valence-corrected chi connectivity index (χ1v) is 7.43. The minimum Gasteiger partial charge on any atom is -0.399 e. The fourth-order valence-electron chi connectivity index (χ4n) is 2.42. The molecule has 0 spiro atoms. The highest BCUT2D eigenvalue weighted by Gasteiger charge is 2.28. The van der Waals surface area contributed by atoms with Crippen LogP contribution in [0, 0.1) is 0 Å². The lowest BCUT2D eigenvalue weighted by Crippen LogP contribution is -2.55. The molecule has 1 aliphatic rings. The van der Waals surface area contributed by atoms with Crippen LogP contribution in [0.1, 0.15) is 24.2 Å². The summed E-state index contributed by atoms with van der Waals surface area (Å²) >= 11 is 5.92. The van der Waals surface area contributed by atoms with E-state index in [1.807, 2.05) is 0 Å². The van der Waals surface area contributed by atoms with Gasteiger partial charge in [-0.2, -0.15) is 0 Å². The van der Waals surface area contributed by atoms with Crippen molar-refractivity contribution in [3.05, 3.63) is 28.8 Å². The molecule has 0 radical (unpaired) electrons. The number of hydrogen-bond acceptors (Lipinski definition) is 4. The maximum absolute atomic E-state index is 12.2. The number of benzene rings is 1. The van der Waals surface area contributed by atoms with E-state index < -0.39 is 0 Å². The summed E-state index contributed by atoms with van der Waals surface area (Å²) in [5.74, 6) is -0.162. The predicted molar refractivity (Wildman–Crippen MR) is 84.7 cm³/mol. The third kappa shape index (κ3) is 4.33. The van der Waals surface area contributed by atoms with Crippen molar-refractivity contribution in [3.63, 3.8) is 0 Å². The minimum absolute atomic E-state index is 0.121. The molecule has 0 aromatic heterocycles. The second-order valence-electron chi connectivity index (χ2n) is 5.87. The fourth-order valence-corrected chi connectivity index (χ4v) is 2.67. The maximum atomic E-state index is 12.2. The molecule has 2 rings (SSSR count). The molecular weight excluding hydrogens is 290 g/mol. The van der Waals surface area contributed by atoms with E-state index >= 15 is 0 Å². The summed E-state index contributed by atoms with van der Waals surface area (Å²) in [6.07, 6.45) is 0. The number of halogens is 1. The van der Waals surface area contributed by atoms with Gasteiger partial charge in [0.25, 0.3) is 5.91 Å². The molecule has 1 aromatic carbocycles. The van der Waals surface area contributed by atoms with Crippen LogP contribution in [0.4, 0.5) is 5.69 Å². The van der Waals surface area contributed by atoms with Crippen molar-refractivity contribution >= 4 is 23.2 Å². The second-order valence-corrected chi connectivity index (χ2v) is 6.30. The Hall–Kier alpha value is -1.30. The second kappa shape index (κ2) is 6.64. The number of hydrogen-bond donors (Lipinski definition) is 2. The van der Waals surface area contributed by atoms with Crippen LogP contribution >= 0.6 is 11.6 Å². The number of ether oxygens (including phenoxy) is 1. The standard InChI is InChI=1S/C15H22ClN3O2/c1-15(2,19-3-5-21-6-4-19)10-18-14(20)11-7-12(16)9-13(17)8-11/h7-9H,3-6,10,17H2,1-2H3,(H,18,20). The largest absolute Gasteiger partial charge is 0.399 e. The maximum Gasteiger partial charge on any atom is 0.251 e. The molecule has 1 saturated heterocycles. The van der Waals surface area contributed by atoms with Crippen LogP contribution in [0.25, 0.3) is 0 Å². The molecule has 6 heteroatoms. The highest BCUT2D eigenvalue weighted by atomic mass is 35.5. The third-order valence-corrected chi connectivity index (χ3v) is 3.95. The number of amides is 1. The van der Waals surface area contributed by atoms with E-state index in [0.717, 1.165) is 26.3 Å². The summed E-state index contributed by atoms with van der Waals surface area (Å²) in [6.45, 7) is 8.03. The number of morpholine rings is 1. The average Bonchev–Trinajstić information content (AvgIpc) is 2.45. The van der Waals surface area contributed by atoms with Crippen LogP contribution in [-0.4, -0.2) is 49.2 Å². The lowest BCUT2D eigenvalue weighted by Gasteiger charge is -2.40. The Morgan fingerprint density at radius 1 is 1.38 bits per heavy atom. The summed E-state index contributed by atoms with van der Waals surface area (Å²) < 4.78 is 5.36. The zero-order valence-electron chi connectivity index (χ0n) is 12.5.